The van der Waals surface area contributed by atoms with E-state index in [9.17, 15) is 28.8 Å². The van der Waals surface area contributed by atoms with E-state index in [4.69, 9.17) is 14.2 Å². The Morgan fingerprint density at radius 1 is 0.822 bits per heavy atom. The van der Waals surface area contributed by atoms with E-state index in [1.54, 1.807) is 0 Å². The fourth-order valence-electron chi connectivity index (χ4n) is 10.9. The fraction of sp³-hybridized carbons (Fsp3) is 0.533. The van der Waals surface area contributed by atoms with Crippen LogP contribution in [0.2, 0.25) is 0 Å². The number of nitrogens with zero attached hydrogens (tertiary/aromatic N) is 2. The molecular formula is C60H80N4O9. The largest absolute Gasteiger partial charge is 0.377 e. The molecule has 2 aromatic carbocycles. The van der Waals surface area contributed by atoms with Gasteiger partial charge in [-0.2, -0.15) is 0 Å². The smallest absolute Gasteiger partial charge is 0.254 e. The molecule has 0 spiro atoms. The molecule has 2 amide bonds. The Morgan fingerprint density at radius 3 is 2.10 bits per heavy atom. The summed E-state index contributed by atoms with van der Waals surface area (Å²) in [6, 6.07) is 18.6. The van der Waals surface area contributed by atoms with Crippen LogP contribution in [-0.2, 0) is 46.4 Å². The van der Waals surface area contributed by atoms with Crippen LogP contribution in [0.5, 0.6) is 0 Å². The molecule has 1 saturated heterocycles. The maximum Gasteiger partial charge on any atom is 0.254 e. The number of likely N-dealkylation sites (tertiary alicyclic amines) is 1. The number of pyridine rings is 1. The van der Waals surface area contributed by atoms with E-state index in [2.05, 4.69) is 85.9 Å². The Bertz CT molecular complexity index is 2690. The van der Waals surface area contributed by atoms with Crippen molar-refractivity contribution in [3.05, 3.63) is 122 Å². The monoisotopic (exact) mass is 1000 g/mol. The lowest BCUT2D eigenvalue weighted by Gasteiger charge is -2.36. The molecule has 2 aromatic heterocycles. The van der Waals surface area contributed by atoms with Gasteiger partial charge in [-0.15, -0.1) is 0 Å². The number of carbonyl (C=O) groups is 5. The number of carbonyl (C=O) groups excluding carboxylic acids is 5. The fourth-order valence-corrected chi connectivity index (χ4v) is 10.9. The Hall–Kier alpha value is -5.76. The Labute approximate surface area is 432 Å². The first-order valence-electron chi connectivity index (χ1n) is 26.4. The maximum absolute atomic E-state index is 13.6. The number of nitrogens with one attached hydrogen (secondary N) is 2. The van der Waals surface area contributed by atoms with Gasteiger partial charge < -0.3 is 34.0 Å². The first-order chi connectivity index (χ1) is 34.8. The molecule has 2 unspecified atom stereocenters. The number of Topliss-reactive ketones (excluding diaryl/α,β-unsaturated/α-hetero) is 3. The molecule has 1 aliphatic heterocycles. The van der Waals surface area contributed by atoms with Crippen LogP contribution >= 0.6 is 0 Å². The molecule has 3 atom stereocenters. The van der Waals surface area contributed by atoms with Crippen molar-refractivity contribution in [1.82, 2.24) is 19.8 Å². The third-order valence-corrected chi connectivity index (χ3v) is 14.7. The lowest BCUT2D eigenvalue weighted by atomic mass is 9.80. The minimum Gasteiger partial charge on any atom is -0.377 e. The average molecular weight is 1000 g/mol. The summed E-state index contributed by atoms with van der Waals surface area (Å²) >= 11 is 0. The van der Waals surface area contributed by atoms with E-state index in [0.717, 1.165) is 72.8 Å². The number of ether oxygens (including phenoxy) is 3. The third-order valence-electron chi connectivity index (χ3n) is 14.7. The van der Waals surface area contributed by atoms with Gasteiger partial charge in [-0.1, -0.05) is 81.8 Å². The highest BCUT2D eigenvalue weighted by molar-refractivity contribution is 6.08. The van der Waals surface area contributed by atoms with E-state index >= 15 is 0 Å². The third kappa shape index (κ3) is 15.6. The number of ketones is 3. The molecule has 7 rings (SSSR count). The number of para-hydroxylation sites is 1. The highest BCUT2D eigenvalue weighted by atomic mass is 16.5. The highest BCUT2D eigenvalue weighted by Gasteiger charge is 2.38. The van der Waals surface area contributed by atoms with Gasteiger partial charge in [0.25, 0.3) is 11.5 Å². The number of hydrogen-bond acceptors (Lipinski definition) is 9. The van der Waals surface area contributed by atoms with Gasteiger partial charge in [0, 0.05) is 78.2 Å². The number of amides is 2. The molecule has 0 bridgehead atoms. The van der Waals surface area contributed by atoms with Gasteiger partial charge >= 0.3 is 0 Å². The van der Waals surface area contributed by atoms with E-state index in [-0.39, 0.29) is 72.0 Å². The second-order valence-corrected chi connectivity index (χ2v) is 21.6. The van der Waals surface area contributed by atoms with Gasteiger partial charge in [-0.25, -0.2) is 0 Å². The zero-order valence-electron chi connectivity index (χ0n) is 45.0. The van der Waals surface area contributed by atoms with Crippen LogP contribution in [0, 0.1) is 43.9 Å². The van der Waals surface area contributed by atoms with Crippen molar-refractivity contribution in [2.24, 2.45) is 23.2 Å². The van der Waals surface area contributed by atoms with E-state index in [0.29, 0.717) is 75.2 Å². The van der Waals surface area contributed by atoms with Crippen molar-refractivity contribution in [3.8, 4) is 0 Å². The van der Waals surface area contributed by atoms with Crippen molar-refractivity contribution >= 4 is 45.6 Å². The van der Waals surface area contributed by atoms with E-state index < -0.39 is 0 Å². The first-order valence-corrected chi connectivity index (χ1v) is 26.4. The van der Waals surface area contributed by atoms with E-state index in [1.165, 1.54) is 29.2 Å². The van der Waals surface area contributed by atoms with Crippen LogP contribution in [0.25, 0.3) is 16.5 Å². The van der Waals surface area contributed by atoms with Crippen LogP contribution in [0.15, 0.2) is 77.1 Å². The summed E-state index contributed by atoms with van der Waals surface area (Å²) in [4.78, 5) is 79.9. The summed E-state index contributed by atoms with van der Waals surface area (Å²) in [5.74, 6) is 0.547. The predicted molar refractivity (Wildman–Crippen MR) is 288 cm³/mol. The summed E-state index contributed by atoms with van der Waals surface area (Å²) in [7, 11) is 0. The molecule has 13 heteroatoms. The van der Waals surface area contributed by atoms with Crippen LogP contribution in [-0.4, -0.2) is 96.3 Å². The molecule has 3 aliphatic rings. The van der Waals surface area contributed by atoms with Gasteiger partial charge in [0.05, 0.1) is 32.0 Å². The Morgan fingerprint density at radius 2 is 1.47 bits per heavy atom. The summed E-state index contributed by atoms with van der Waals surface area (Å²) in [5, 5.41) is 3.87. The second kappa shape index (κ2) is 26.5. The SMILES string of the molecule is CC(=O)COCCOCCOCC(=O)N1CCC(C(C)n2c(C)c(C(=O)NCc3c(C)cc(C)[nH]c3=O)c3ccccc32)CC1.CC1=C(c2ccc(CCC(=O)[C@@H]3CCCC3C(=O)CC(C)(C)C)cc2)CC=C1. The average Bonchev–Trinajstić information content (AvgIpc) is 4.09. The number of allylic oxidation sites excluding steroid dienone is 4. The van der Waals surface area contributed by atoms with Crippen molar-refractivity contribution in [2.75, 3.05) is 52.7 Å². The number of aryl methyl sites for hydroxylation is 3. The number of rotatable bonds is 22. The van der Waals surface area contributed by atoms with Gasteiger partial charge in [0.2, 0.25) is 5.91 Å². The maximum atomic E-state index is 13.6. The van der Waals surface area contributed by atoms with Crippen molar-refractivity contribution in [2.45, 2.75) is 133 Å². The van der Waals surface area contributed by atoms with Crippen LogP contribution < -0.4 is 10.9 Å². The number of benzene rings is 2. The molecule has 2 aliphatic carbocycles. The van der Waals surface area contributed by atoms with Gasteiger partial charge in [-0.05, 0) is 131 Å². The molecule has 73 heavy (non-hydrogen) atoms. The molecule has 2 fully saturated rings. The molecule has 3 heterocycles. The minimum atomic E-state index is -0.207. The molecule has 2 N–H and O–H groups in total. The molecule has 1 saturated carbocycles. The van der Waals surface area contributed by atoms with Crippen LogP contribution in [0.3, 0.4) is 0 Å². The topological polar surface area (TPSA) is 166 Å². The lowest BCUT2D eigenvalue weighted by molar-refractivity contribution is -0.138. The predicted octanol–water partition coefficient (Wildman–Crippen LogP) is 9.97. The minimum absolute atomic E-state index is 0.00233. The van der Waals surface area contributed by atoms with Crippen molar-refractivity contribution in [1.29, 1.82) is 0 Å². The number of aromatic nitrogens is 2. The number of H-pyrrole nitrogens is 1. The summed E-state index contributed by atoms with van der Waals surface area (Å²) in [6.07, 6.45) is 11.8. The molecular weight excluding hydrogens is 921 g/mol. The molecule has 394 valence electrons. The zero-order valence-corrected chi connectivity index (χ0v) is 45.0. The zero-order chi connectivity index (χ0) is 52.8. The van der Waals surface area contributed by atoms with Gasteiger partial charge in [-0.3, -0.25) is 28.8 Å². The quantitative estimate of drug-likeness (QED) is 0.0729. The van der Waals surface area contributed by atoms with Gasteiger partial charge in [0.1, 0.15) is 24.8 Å². The lowest BCUT2D eigenvalue weighted by Crippen LogP contribution is -2.42. The normalized spacial score (nSPS) is 17.5. The summed E-state index contributed by atoms with van der Waals surface area (Å²) < 4.78 is 18.3. The Kier molecular flexibility index (Phi) is 20.5. The summed E-state index contributed by atoms with van der Waals surface area (Å²) in [6.45, 7) is 20.7. The summed E-state index contributed by atoms with van der Waals surface area (Å²) in [5.41, 5.74) is 9.73. The van der Waals surface area contributed by atoms with Crippen molar-refractivity contribution in [3.63, 3.8) is 0 Å². The van der Waals surface area contributed by atoms with Gasteiger partial charge in [0.15, 0.2) is 5.78 Å². The molecule has 13 nitrogen and oxygen atoms in total. The second-order valence-electron chi connectivity index (χ2n) is 21.6. The molecule has 4 aromatic rings. The standard InChI is InChI=1S/C34H46N4O7.C26H34O2/c1-22-18-23(2)36-33(41)29(22)19-35-34(42)32-26(5)38(30-9-7-6-8-28(30)32)25(4)27-10-12-37(13-11-27)31(40)21-45-17-15-43-14-16-44-20-24(3)39;1-18-7-5-8-21(18)20-14-11-19(12-15-20)13-16-24(27)22-9-6-10-23(22)25(28)17-26(2,3)4/h6-9,18,25,27H,10-17,19-21H2,1-5H3,(H,35,42)(H,36,41);5,7,11-12,14-15,22-23H,6,8-10,13,16-17H2,1-4H3/t;22-,23?/m.1/s1. The van der Waals surface area contributed by atoms with Crippen LogP contribution in [0.1, 0.15) is 143 Å². The van der Waals surface area contributed by atoms with Crippen molar-refractivity contribution < 1.29 is 38.2 Å². The molecule has 0 radical (unpaired) electrons. The Balaban J connectivity index is 0.000000265. The number of fused-ring (bicyclic) bond motifs is 1. The first kappa shape index (κ1) is 56.5. The van der Waals surface area contributed by atoms with Crippen LogP contribution in [0.4, 0.5) is 0 Å². The highest BCUT2D eigenvalue weighted by Crippen LogP contribution is 2.38. The number of hydrogen-bond donors (Lipinski definition) is 2. The number of piperidine rings is 1. The van der Waals surface area contributed by atoms with E-state index in [1.807, 2.05) is 56.0 Å². The number of aromatic amines is 1.